The fraction of sp³-hybridized carbons (Fsp3) is 0.647. The maximum absolute atomic E-state index is 9.45. The zero-order valence-electron chi connectivity index (χ0n) is 12.3. The van der Waals surface area contributed by atoms with Crippen molar-refractivity contribution >= 4 is 0 Å². The molecular formula is C17H30O2. The van der Waals surface area contributed by atoms with Crippen LogP contribution in [0.3, 0.4) is 0 Å². The van der Waals surface area contributed by atoms with Crippen LogP contribution in [0.25, 0.3) is 0 Å². The van der Waals surface area contributed by atoms with Crippen LogP contribution in [0.15, 0.2) is 38.0 Å². The van der Waals surface area contributed by atoms with Crippen molar-refractivity contribution in [1.82, 2.24) is 0 Å². The SMILES string of the molecule is C=CC(CCO)CCC(C=C)CC(C=C)CC(C)O. The van der Waals surface area contributed by atoms with Crippen molar-refractivity contribution in [2.45, 2.75) is 45.1 Å². The zero-order valence-corrected chi connectivity index (χ0v) is 12.3. The van der Waals surface area contributed by atoms with Crippen LogP contribution in [0.4, 0.5) is 0 Å². The van der Waals surface area contributed by atoms with E-state index in [2.05, 4.69) is 19.7 Å². The number of rotatable bonds is 12. The van der Waals surface area contributed by atoms with Crippen LogP contribution in [0.1, 0.15) is 39.0 Å². The summed E-state index contributed by atoms with van der Waals surface area (Å²) in [6.45, 7) is 13.6. The van der Waals surface area contributed by atoms with E-state index in [-0.39, 0.29) is 12.7 Å². The highest BCUT2D eigenvalue weighted by Crippen LogP contribution is 2.25. The molecule has 0 aromatic rings. The number of hydrogen-bond acceptors (Lipinski definition) is 2. The van der Waals surface area contributed by atoms with Gasteiger partial charge in [0, 0.05) is 6.61 Å². The molecule has 0 amide bonds. The summed E-state index contributed by atoms with van der Waals surface area (Å²) < 4.78 is 0. The predicted octanol–water partition coefficient (Wildman–Crippen LogP) is 3.72. The highest BCUT2D eigenvalue weighted by Gasteiger charge is 2.15. The van der Waals surface area contributed by atoms with E-state index in [1.54, 1.807) is 0 Å². The molecule has 0 aromatic heterocycles. The van der Waals surface area contributed by atoms with Gasteiger partial charge in [-0.05, 0) is 56.8 Å². The van der Waals surface area contributed by atoms with Gasteiger partial charge in [0.25, 0.3) is 0 Å². The molecule has 2 N–H and O–H groups in total. The highest BCUT2D eigenvalue weighted by atomic mass is 16.3. The molecular weight excluding hydrogens is 236 g/mol. The molecule has 2 heteroatoms. The largest absolute Gasteiger partial charge is 0.396 e. The van der Waals surface area contributed by atoms with E-state index < -0.39 is 0 Å². The maximum atomic E-state index is 9.45. The second-order valence-electron chi connectivity index (χ2n) is 5.40. The normalized spacial score (nSPS) is 17.2. The Morgan fingerprint density at radius 3 is 1.79 bits per heavy atom. The average molecular weight is 266 g/mol. The summed E-state index contributed by atoms with van der Waals surface area (Å²) >= 11 is 0. The Kier molecular flexibility index (Phi) is 10.5. The molecule has 110 valence electrons. The van der Waals surface area contributed by atoms with Gasteiger partial charge in [-0.3, -0.25) is 0 Å². The van der Waals surface area contributed by atoms with Crippen molar-refractivity contribution < 1.29 is 10.2 Å². The lowest BCUT2D eigenvalue weighted by atomic mass is 9.85. The van der Waals surface area contributed by atoms with Crippen LogP contribution in [0, 0.1) is 17.8 Å². The van der Waals surface area contributed by atoms with E-state index >= 15 is 0 Å². The number of aliphatic hydroxyl groups excluding tert-OH is 2. The molecule has 0 rings (SSSR count). The molecule has 4 unspecified atom stereocenters. The molecule has 0 saturated heterocycles. The van der Waals surface area contributed by atoms with Crippen LogP contribution in [0.5, 0.6) is 0 Å². The minimum atomic E-state index is -0.288. The first-order valence-corrected chi connectivity index (χ1v) is 7.23. The summed E-state index contributed by atoms with van der Waals surface area (Å²) in [4.78, 5) is 0. The Labute approximate surface area is 118 Å². The summed E-state index contributed by atoms with van der Waals surface area (Å²) in [5.41, 5.74) is 0. The van der Waals surface area contributed by atoms with Crippen molar-refractivity contribution in [2.75, 3.05) is 6.61 Å². The summed E-state index contributed by atoms with van der Waals surface area (Å²) in [7, 11) is 0. The highest BCUT2D eigenvalue weighted by molar-refractivity contribution is 4.89. The third-order valence-electron chi connectivity index (χ3n) is 3.66. The average Bonchev–Trinajstić information content (AvgIpc) is 2.39. The lowest BCUT2D eigenvalue weighted by Crippen LogP contribution is -2.13. The topological polar surface area (TPSA) is 40.5 Å². The lowest BCUT2D eigenvalue weighted by Gasteiger charge is -2.21. The number of hydrogen-bond donors (Lipinski definition) is 2. The first-order valence-electron chi connectivity index (χ1n) is 7.23. The minimum Gasteiger partial charge on any atom is -0.396 e. The molecule has 0 fully saturated rings. The molecule has 0 aliphatic heterocycles. The van der Waals surface area contributed by atoms with Gasteiger partial charge in [0.1, 0.15) is 0 Å². The monoisotopic (exact) mass is 266 g/mol. The maximum Gasteiger partial charge on any atom is 0.0517 e. The van der Waals surface area contributed by atoms with Crippen molar-refractivity contribution in [2.24, 2.45) is 17.8 Å². The predicted molar refractivity (Wildman–Crippen MR) is 82.9 cm³/mol. The lowest BCUT2D eigenvalue weighted by molar-refractivity contribution is 0.164. The molecule has 0 spiro atoms. The van der Waals surface area contributed by atoms with Gasteiger partial charge in [0.15, 0.2) is 0 Å². The van der Waals surface area contributed by atoms with Crippen molar-refractivity contribution in [3.8, 4) is 0 Å². The standard InChI is InChI=1S/C17H30O2/c1-5-15(10-11-18)8-9-16(6-2)13-17(7-3)12-14(4)19/h5-7,14-19H,1-3,8-13H2,4H3. The first-order chi connectivity index (χ1) is 9.07. The molecule has 0 aromatic carbocycles. The Balaban J connectivity index is 4.21. The summed E-state index contributed by atoms with van der Waals surface area (Å²) in [6.07, 6.45) is 10.2. The zero-order chi connectivity index (χ0) is 14.7. The second kappa shape index (κ2) is 11.0. The molecule has 4 atom stereocenters. The van der Waals surface area contributed by atoms with Gasteiger partial charge in [-0.25, -0.2) is 0 Å². The minimum absolute atomic E-state index is 0.215. The van der Waals surface area contributed by atoms with Gasteiger partial charge >= 0.3 is 0 Å². The van der Waals surface area contributed by atoms with E-state index in [0.29, 0.717) is 17.8 Å². The summed E-state index contributed by atoms with van der Waals surface area (Å²) in [6, 6.07) is 0. The third kappa shape index (κ3) is 8.79. The molecule has 0 radical (unpaired) electrons. The fourth-order valence-corrected chi connectivity index (χ4v) is 2.42. The number of aliphatic hydroxyl groups is 2. The smallest absolute Gasteiger partial charge is 0.0517 e. The van der Waals surface area contributed by atoms with Gasteiger partial charge in [-0.1, -0.05) is 18.2 Å². The van der Waals surface area contributed by atoms with Crippen molar-refractivity contribution in [3.05, 3.63) is 38.0 Å². The molecule has 0 saturated carbocycles. The molecule has 19 heavy (non-hydrogen) atoms. The van der Waals surface area contributed by atoms with Crippen LogP contribution in [-0.4, -0.2) is 22.9 Å². The Morgan fingerprint density at radius 2 is 1.37 bits per heavy atom. The third-order valence-corrected chi connectivity index (χ3v) is 3.66. The molecule has 0 aliphatic rings. The molecule has 0 heterocycles. The molecule has 0 aliphatic carbocycles. The van der Waals surface area contributed by atoms with Gasteiger partial charge < -0.3 is 10.2 Å². The van der Waals surface area contributed by atoms with Gasteiger partial charge in [-0.2, -0.15) is 0 Å². The van der Waals surface area contributed by atoms with Crippen LogP contribution in [0.2, 0.25) is 0 Å². The molecule has 0 bridgehead atoms. The quantitative estimate of drug-likeness (QED) is 0.529. The summed E-state index contributed by atoms with van der Waals surface area (Å²) in [5, 5.41) is 18.4. The van der Waals surface area contributed by atoms with E-state index in [4.69, 9.17) is 5.11 Å². The second-order valence-corrected chi connectivity index (χ2v) is 5.40. The van der Waals surface area contributed by atoms with Crippen LogP contribution < -0.4 is 0 Å². The Bertz CT molecular complexity index is 258. The van der Waals surface area contributed by atoms with Gasteiger partial charge in [0.2, 0.25) is 0 Å². The first kappa shape index (κ1) is 18.1. The fourth-order valence-electron chi connectivity index (χ4n) is 2.42. The van der Waals surface area contributed by atoms with E-state index in [9.17, 15) is 5.11 Å². The van der Waals surface area contributed by atoms with Crippen molar-refractivity contribution in [1.29, 1.82) is 0 Å². The van der Waals surface area contributed by atoms with Crippen LogP contribution in [-0.2, 0) is 0 Å². The Hall–Kier alpha value is -0.860. The number of allylic oxidation sites excluding steroid dienone is 3. The van der Waals surface area contributed by atoms with Gasteiger partial charge in [0.05, 0.1) is 6.10 Å². The van der Waals surface area contributed by atoms with Crippen molar-refractivity contribution in [3.63, 3.8) is 0 Å². The van der Waals surface area contributed by atoms with Crippen LogP contribution >= 0.6 is 0 Å². The van der Waals surface area contributed by atoms with E-state index in [1.165, 1.54) is 0 Å². The van der Waals surface area contributed by atoms with E-state index in [0.717, 1.165) is 32.1 Å². The molecule has 2 nitrogen and oxygen atoms in total. The van der Waals surface area contributed by atoms with E-state index in [1.807, 2.05) is 25.2 Å². The summed E-state index contributed by atoms with van der Waals surface area (Å²) in [5.74, 6) is 1.15. The van der Waals surface area contributed by atoms with Gasteiger partial charge in [-0.15, -0.1) is 19.7 Å². The Morgan fingerprint density at radius 1 is 0.842 bits per heavy atom.